The summed E-state index contributed by atoms with van der Waals surface area (Å²) in [5, 5.41) is 14.8. The van der Waals surface area contributed by atoms with Crippen LogP contribution in [0.5, 0.6) is 5.75 Å². The highest BCUT2D eigenvalue weighted by atomic mass is 32.2. The van der Waals surface area contributed by atoms with Crippen LogP contribution >= 0.6 is 11.8 Å². The van der Waals surface area contributed by atoms with E-state index in [9.17, 15) is 4.79 Å². The van der Waals surface area contributed by atoms with Crippen LogP contribution in [0.1, 0.15) is 12.5 Å². The zero-order valence-electron chi connectivity index (χ0n) is 11.9. The summed E-state index contributed by atoms with van der Waals surface area (Å²) < 4.78 is 6.79. The lowest BCUT2D eigenvalue weighted by Gasteiger charge is -2.06. The van der Waals surface area contributed by atoms with E-state index in [0.717, 1.165) is 11.3 Å². The van der Waals surface area contributed by atoms with E-state index in [1.165, 1.54) is 11.8 Å². The molecule has 0 saturated heterocycles. The topological polar surface area (TPSA) is 81.9 Å². The van der Waals surface area contributed by atoms with E-state index in [2.05, 4.69) is 20.8 Å². The summed E-state index contributed by atoms with van der Waals surface area (Å²) in [5.74, 6) is 0.997. The largest absolute Gasteiger partial charge is 0.497 e. The van der Waals surface area contributed by atoms with Gasteiger partial charge < -0.3 is 10.1 Å². The Morgan fingerprint density at radius 2 is 2.33 bits per heavy atom. The predicted molar refractivity (Wildman–Crippen MR) is 79.1 cm³/mol. The molecule has 0 unspecified atom stereocenters. The van der Waals surface area contributed by atoms with Crippen molar-refractivity contribution >= 4 is 17.7 Å². The molecule has 1 N–H and O–H groups in total. The fraction of sp³-hybridized carbons (Fsp3) is 0.385. The molecule has 1 heterocycles. The van der Waals surface area contributed by atoms with E-state index in [1.54, 1.807) is 11.8 Å². The Morgan fingerprint density at radius 1 is 1.48 bits per heavy atom. The Morgan fingerprint density at radius 3 is 3.10 bits per heavy atom. The zero-order chi connectivity index (χ0) is 15.1. The van der Waals surface area contributed by atoms with Crippen LogP contribution in [0.2, 0.25) is 0 Å². The Kier molecular flexibility index (Phi) is 5.56. The number of amides is 1. The number of aromatic nitrogens is 4. The van der Waals surface area contributed by atoms with E-state index < -0.39 is 0 Å². The van der Waals surface area contributed by atoms with E-state index in [1.807, 2.05) is 31.2 Å². The van der Waals surface area contributed by atoms with Crippen LogP contribution in [0.3, 0.4) is 0 Å². The monoisotopic (exact) mass is 307 g/mol. The number of tetrazole rings is 1. The maximum absolute atomic E-state index is 11.8. The molecule has 7 nitrogen and oxygen atoms in total. The van der Waals surface area contributed by atoms with Gasteiger partial charge in [0.2, 0.25) is 11.1 Å². The summed E-state index contributed by atoms with van der Waals surface area (Å²) in [6.45, 7) is 3.10. The lowest BCUT2D eigenvalue weighted by molar-refractivity contribution is -0.118. The van der Waals surface area contributed by atoms with Crippen molar-refractivity contribution in [1.29, 1.82) is 0 Å². The van der Waals surface area contributed by atoms with Gasteiger partial charge in [-0.2, -0.15) is 0 Å². The number of hydrogen-bond acceptors (Lipinski definition) is 6. The first kappa shape index (κ1) is 15.3. The number of hydrogen-bond donors (Lipinski definition) is 1. The summed E-state index contributed by atoms with van der Waals surface area (Å²) in [4.78, 5) is 11.8. The predicted octanol–water partition coefficient (Wildman–Crippen LogP) is 1.11. The van der Waals surface area contributed by atoms with Gasteiger partial charge in [-0.15, -0.1) is 5.10 Å². The quantitative estimate of drug-likeness (QED) is 0.772. The summed E-state index contributed by atoms with van der Waals surface area (Å²) in [7, 11) is 1.62. The molecule has 0 spiro atoms. The highest BCUT2D eigenvalue weighted by Crippen LogP contribution is 2.14. The maximum Gasteiger partial charge on any atom is 0.230 e. The van der Waals surface area contributed by atoms with Gasteiger partial charge >= 0.3 is 0 Å². The minimum absolute atomic E-state index is 0.0616. The zero-order valence-corrected chi connectivity index (χ0v) is 12.8. The first-order valence-electron chi connectivity index (χ1n) is 6.51. The van der Waals surface area contributed by atoms with E-state index in [-0.39, 0.29) is 11.7 Å². The molecule has 0 radical (unpaired) electrons. The van der Waals surface area contributed by atoms with Crippen LogP contribution in [0, 0.1) is 0 Å². The van der Waals surface area contributed by atoms with Crippen molar-refractivity contribution in [2.24, 2.45) is 0 Å². The minimum atomic E-state index is -0.0616. The van der Waals surface area contributed by atoms with Gasteiger partial charge in [-0.05, 0) is 35.0 Å². The lowest BCUT2D eigenvalue weighted by Crippen LogP contribution is -2.24. The van der Waals surface area contributed by atoms with Crippen molar-refractivity contribution in [1.82, 2.24) is 25.5 Å². The van der Waals surface area contributed by atoms with Gasteiger partial charge in [-0.3, -0.25) is 4.79 Å². The maximum atomic E-state index is 11.8. The second-order valence-corrected chi connectivity index (χ2v) is 5.14. The Hall–Kier alpha value is -2.09. The molecule has 0 aliphatic carbocycles. The van der Waals surface area contributed by atoms with Gasteiger partial charge in [0.05, 0.1) is 12.9 Å². The number of carbonyl (C=O) groups is 1. The van der Waals surface area contributed by atoms with Crippen molar-refractivity contribution in [3.63, 3.8) is 0 Å². The molecule has 1 aromatic heterocycles. The molecule has 1 amide bonds. The smallest absolute Gasteiger partial charge is 0.230 e. The Bertz CT molecular complexity index is 602. The molecular formula is C13H17N5O2S. The van der Waals surface area contributed by atoms with Crippen LogP contribution < -0.4 is 10.1 Å². The molecule has 0 bridgehead atoms. The SMILES string of the molecule is CCn1nnnc1SCC(=O)NCc1cccc(OC)c1. The van der Waals surface area contributed by atoms with Crippen molar-refractivity contribution < 1.29 is 9.53 Å². The number of benzene rings is 1. The molecule has 0 aliphatic heterocycles. The number of rotatable bonds is 7. The average molecular weight is 307 g/mol. The number of aryl methyl sites for hydroxylation is 1. The Balaban J connectivity index is 1.79. The number of nitrogens with zero attached hydrogens (tertiary/aromatic N) is 4. The third-order valence-corrected chi connectivity index (χ3v) is 3.71. The molecule has 2 aromatic rings. The third-order valence-electron chi connectivity index (χ3n) is 2.75. The molecule has 0 aliphatic rings. The van der Waals surface area contributed by atoms with Gasteiger partial charge in [0, 0.05) is 13.1 Å². The normalized spacial score (nSPS) is 10.4. The summed E-state index contributed by atoms with van der Waals surface area (Å²) in [5.41, 5.74) is 0.992. The van der Waals surface area contributed by atoms with E-state index in [4.69, 9.17) is 4.74 Å². The molecule has 1 aromatic carbocycles. The van der Waals surface area contributed by atoms with Gasteiger partial charge in [0.25, 0.3) is 0 Å². The van der Waals surface area contributed by atoms with Crippen molar-refractivity contribution in [2.45, 2.75) is 25.2 Å². The highest BCUT2D eigenvalue weighted by molar-refractivity contribution is 7.99. The molecule has 0 atom stereocenters. The standard InChI is InChI=1S/C13H17N5O2S/c1-3-18-13(15-16-17-18)21-9-12(19)14-8-10-5-4-6-11(7-10)20-2/h4-7H,3,8-9H2,1-2H3,(H,14,19). The fourth-order valence-corrected chi connectivity index (χ4v) is 2.43. The van der Waals surface area contributed by atoms with Crippen molar-refractivity contribution in [3.8, 4) is 5.75 Å². The van der Waals surface area contributed by atoms with Gasteiger partial charge in [-0.1, -0.05) is 23.9 Å². The van der Waals surface area contributed by atoms with E-state index >= 15 is 0 Å². The molecule has 21 heavy (non-hydrogen) atoms. The minimum Gasteiger partial charge on any atom is -0.497 e. The average Bonchev–Trinajstić information content (AvgIpc) is 2.98. The second kappa shape index (κ2) is 7.63. The molecule has 0 fully saturated rings. The van der Waals surface area contributed by atoms with Gasteiger partial charge in [0.1, 0.15) is 5.75 Å². The molecule has 112 valence electrons. The number of carbonyl (C=O) groups excluding carboxylic acids is 1. The summed E-state index contributed by atoms with van der Waals surface area (Å²) >= 11 is 1.32. The van der Waals surface area contributed by atoms with Crippen molar-refractivity contribution in [2.75, 3.05) is 12.9 Å². The number of nitrogens with one attached hydrogen (secondary N) is 1. The van der Waals surface area contributed by atoms with Gasteiger partial charge in [0.15, 0.2) is 0 Å². The summed E-state index contributed by atoms with van der Waals surface area (Å²) in [6.07, 6.45) is 0. The lowest BCUT2D eigenvalue weighted by atomic mass is 10.2. The third kappa shape index (κ3) is 4.45. The van der Waals surface area contributed by atoms with Crippen LogP contribution in [0.15, 0.2) is 29.4 Å². The molecule has 8 heteroatoms. The second-order valence-electron chi connectivity index (χ2n) is 4.19. The van der Waals surface area contributed by atoms with Crippen LogP contribution in [-0.4, -0.2) is 39.0 Å². The molecule has 0 saturated carbocycles. The molecule has 2 rings (SSSR count). The number of ether oxygens (including phenoxy) is 1. The fourth-order valence-electron chi connectivity index (χ4n) is 1.66. The summed E-state index contributed by atoms with van der Waals surface area (Å²) in [6, 6.07) is 7.59. The first-order chi connectivity index (χ1) is 10.2. The van der Waals surface area contributed by atoms with Crippen LogP contribution in [-0.2, 0) is 17.9 Å². The van der Waals surface area contributed by atoms with Crippen molar-refractivity contribution in [3.05, 3.63) is 29.8 Å². The van der Waals surface area contributed by atoms with Crippen LogP contribution in [0.25, 0.3) is 0 Å². The molecular weight excluding hydrogens is 290 g/mol. The van der Waals surface area contributed by atoms with Gasteiger partial charge in [-0.25, -0.2) is 4.68 Å². The van der Waals surface area contributed by atoms with Crippen LogP contribution in [0.4, 0.5) is 0 Å². The Labute approximate surface area is 127 Å². The number of thioether (sulfide) groups is 1. The van der Waals surface area contributed by atoms with E-state index in [0.29, 0.717) is 18.2 Å². The number of methoxy groups -OCH3 is 1. The first-order valence-corrected chi connectivity index (χ1v) is 7.50. The highest BCUT2D eigenvalue weighted by Gasteiger charge is 2.08.